The van der Waals surface area contributed by atoms with E-state index < -0.39 is 5.97 Å². The van der Waals surface area contributed by atoms with Gasteiger partial charge in [0.05, 0.1) is 18.8 Å². The highest BCUT2D eigenvalue weighted by Crippen LogP contribution is 2.23. The highest BCUT2D eigenvalue weighted by atomic mass is 79.9. The molecule has 2 rings (SSSR count). The van der Waals surface area contributed by atoms with Crippen molar-refractivity contribution in [3.05, 3.63) is 32.2 Å². The quantitative estimate of drug-likeness (QED) is 0.809. The number of thiophene rings is 1. The first kappa shape index (κ1) is 13.2. The summed E-state index contributed by atoms with van der Waals surface area (Å²) in [6, 6.07) is 1.98. The van der Waals surface area contributed by atoms with Gasteiger partial charge in [0.25, 0.3) is 0 Å². The third-order valence-corrected chi connectivity index (χ3v) is 4.35. The van der Waals surface area contributed by atoms with Crippen LogP contribution in [0.2, 0.25) is 0 Å². The molecule has 0 saturated heterocycles. The lowest BCUT2D eigenvalue weighted by atomic mass is 10.3. The molecule has 0 aliphatic heterocycles. The first-order valence-corrected chi connectivity index (χ1v) is 7.09. The summed E-state index contributed by atoms with van der Waals surface area (Å²) in [5.41, 5.74) is 0.998. The largest absolute Gasteiger partial charge is 0.461 e. The molecule has 0 atom stereocenters. The molecule has 2 aromatic rings. The van der Waals surface area contributed by atoms with Crippen LogP contribution in [0.5, 0.6) is 0 Å². The standard InChI is InChI=1S/C11H12BrN3O2S/c1-3-17-11(16)10-7(2)15(14-13-10)6-9-8(12)4-5-18-9/h4-5H,3,6H2,1-2H3. The molecule has 7 heteroatoms. The number of carbonyl (C=O) groups excluding carboxylic acids is 1. The van der Waals surface area contributed by atoms with Gasteiger partial charge in [-0.15, -0.1) is 16.4 Å². The van der Waals surface area contributed by atoms with Gasteiger partial charge >= 0.3 is 5.97 Å². The molecule has 0 saturated carbocycles. The summed E-state index contributed by atoms with van der Waals surface area (Å²) in [4.78, 5) is 12.7. The van der Waals surface area contributed by atoms with Crippen molar-refractivity contribution in [3.63, 3.8) is 0 Å². The fourth-order valence-corrected chi connectivity index (χ4v) is 2.93. The van der Waals surface area contributed by atoms with Crippen LogP contribution in [0, 0.1) is 6.92 Å². The van der Waals surface area contributed by atoms with Gasteiger partial charge in [-0.1, -0.05) is 5.21 Å². The number of esters is 1. The molecule has 0 aliphatic rings. The highest BCUT2D eigenvalue weighted by molar-refractivity contribution is 9.10. The Balaban J connectivity index is 2.21. The minimum atomic E-state index is -0.425. The van der Waals surface area contributed by atoms with Gasteiger partial charge in [0.2, 0.25) is 0 Å². The van der Waals surface area contributed by atoms with E-state index in [2.05, 4.69) is 26.2 Å². The molecule has 0 aromatic carbocycles. The minimum Gasteiger partial charge on any atom is -0.461 e. The number of aromatic nitrogens is 3. The van der Waals surface area contributed by atoms with Crippen LogP contribution in [0.1, 0.15) is 28.0 Å². The van der Waals surface area contributed by atoms with Crippen molar-refractivity contribution in [1.29, 1.82) is 0 Å². The molecule has 0 radical (unpaired) electrons. The average molecular weight is 330 g/mol. The van der Waals surface area contributed by atoms with Crippen molar-refractivity contribution in [3.8, 4) is 0 Å². The van der Waals surface area contributed by atoms with Crippen LogP contribution in [0.3, 0.4) is 0 Å². The minimum absolute atomic E-state index is 0.282. The third kappa shape index (κ3) is 2.62. The molecular formula is C11H12BrN3O2S. The summed E-state index contributed by atoms with van der Waals surface area (Å²) in [7, 11) is 0. The Bertz CT molecular complexity index is 564. The van der Waals surface area contributed by atoms with Crippen molar-refractivity contribution in [1.82, 2.24) is 15.0 Å². The van der Waals surface area contributed by atoms with Gasteiger partial charge in [0.15, 0.2) is 5.69 Å². The van der Waals surface area contributed by atoms with Crippen LogP contribution < -0.4 is 0 Å². The van der Waals surface area contributed by atoms with Crippen LogP contribution in [0.25, 0.3) is 0 Å². The summed E-state index contributed by atoms with van der Waals surface area (Å²) < 4.78 is 7.66. The predicted octanol–water partition coefficient (Wildman–Crippen LogP) is 2.64. The normalized spacial score (nSPS) is 10.6. The smallest absolute Gasteiger partial charge is 0.360 e. The van der Waals surface area contributed by atoms with Crippen molar-refractivity contribution in [2.24, 2.45) is 0 Å². The van der Waals surface area contributed by atoms with Crippen molar-refractivity contribution in [2.75, 3.05) is 6.61 Å². The van der Waals surface area contributed by atoms with E-state index in [0.717, 1.165) is 9.35 Å². The Hall–Kier alpha value is -1.21. The summed E-state index contributed by atoms with van der Waals surface area (Å²) in [5.74, 6) is -0.425. The van der Waals surface area contributed by atoms with E-state index in [-0.39, 0.29) is 5.69 Å². The fourth-order valence-electron chi connectivity index (χ4n) is 1.47. The topological polar surface area (TPSA) is 57.0 Å². The molecular weight excluding hydrogens is 318 g/mol. The maximum absolute atomic E-state index is 11.6. The number of carbonyl (C=O) groups is 1. The maximum Gasteiger partial charge on any atom is 0.360 e. The number of hydrogen-bond acceptors (Lipinski definition) is 5. The summed E-state index contributed by atoms with van der Waals surface area (Å²) in [6.45, 7) is 4.51. The Morgan fingerprint density at radius 2 is 2.39 bits per heavy atom. The lowest BCUT2D eigenvalue weighted by Crippen LogP contribution is -2.08. The zero-order chi connectivity index (χ0) is 13.1. The summed E-state index contributed by atoms with van der Waals surface area (Å²) in [6.07, 6.45) is 0. The van der Waals surface area contributed by atoms with E-state index in [1.54, 1.807) is 22.9 Å². The number of hydrogen-bond donors (Lipinski definition) is 0. The van der Waals surface area contributed by atoms with Gasteiger partial charge in [0.1, 0.15) is 0 Å². The zero-order valence-electron chi connectivity index (χ0n) is 10.0. The number of halogens is 1. The molecule has 18 heavy (non-hydrogen) atoms. The van der Waals surface area contributed by atoms with Crippen molar-refractivity contribution < 1.29 is 9.53 Å². The number of nitrogens with zero attached hydrogens (tertiary/aromatic N) is 3. The molecule has 0 bridgehead atoms. The second-order valence-electron chi connectivity index (χ2n) is 3.59. The average Bonchev–Trinajstić information content (AvgIpc) is 2.89. The molecule has 0 amide bonds. The summed E-state index contributed by atoms with van der Waals surface area (Å²) in [5, 5.41) is 9.86. The van der Waals surface area contributed by atoms with Crippen molar-refractivity contribution >= 4 is 33.2 Å². The maximum atomic E-state index is 11.6. The van der Waals surface area contributed by atoms with Gasteiger partial charge < -0.3 is 4.74 Å². The molecule has 0 aliphatic carbocycles. The molecule has 2 heterocycles. The predicted molar refractivity (Wildman–Crippen MR) is 71.8 cm³/mol. The van der Waals surface area contributed by atoms with E-state index in [1.165, 1.54) is 0 Å². The van der Waals surface area contributed by atoms with Crippen LogP contribution in [0.15, 0.2) is 15.9 Å². The van der Waals surface area contributed by atoms with Gasteiger partial charge in [-0.05, 0) is 41.2 Å². The van der Waals surface area contributed by atoms with Gasteiger partial charge in [-0.3, -0.25) is 0 Å². The molecule has 0 unspecified atom stereocenters. The molecule has 2 aromatic heterocycles. The second-order valence-corrected chi connectivity index (χ2v) is 5.45. The first-order valence-electron chi connectivity index (χ1n) is 5.42. The van der Waals surface area contributed by atoms with E-state index >= 15 is 0 Å². The molecule has 96 valence electrons. The van der Waals surface area contributed by atoms with Crippen LogP contribution in [-0.2, 0) is 11.3 Å². The van der Waals surface area contributed by atoms with E-state index in [9.17, 15) is 4.79 Å². The molecule has 0 spiro atoms. The highest BCUT2D eigenvalue weighted by Gasteiger charge is 2.18. The zero-order valence-corrected chi connectivity index (χ0v) is 12.4. The molecule has 0 fully saturated rings. The van der Waals surface area contributed by atoms with E-state index in [1.807, 2.05) is 18.4 Å². The fraction of sp³-hybridized carbons (Fsp3) is 0.364. The SMILES string of the molecule is CCOC(=O)c1nnn(Cc2sccc2Br)c1C. The van der Waals surface area contributed by atoms with Crippen LogP contribution in [0.4, 0.5) is 0 Å². The number of ether oxygens (including phenoxy) is 1. The Labute approximate surface area is 117 Å². The Kier molecular flexibility index (Phi) is 4.13. The Morgan fingerprint density at radius 1 is 1.61 bits per heavy atom. The van der Waals surface area contributed by atoms with Crippen LogP contribution >= 0.6 is 27.3 Å². The van der Waals surface area contributed by atoms with E-state index in [0.29, 0.717) is 18.8 Å². The van der Waals surface area contributed by atoms with Crippen molar-refractivity contribution in [2.45, 2.75) is 20.4 Å². The second kappa shape index (κ2) is 5.62. The van der Waals surface area contributed by atoms with Crippen LogP contribution in [-0.4, -0.2) is 27.6 Å². The lowest BCUT2D eigenvalue weighted by molar-refractivity contribution is 0.0518. The first-order chi connectivity index (χ1) is 8.63. The number of rotatable bonds is 4. The van der Waals surface area contributed by atoms with E-state index in [4.69, 9.17) is 4.74 Å². The van der Waals surface area contributed by atoms with Gasteiger partial charge in [-0.2, -0.15) is 0 Å². The molecule has 0 N–H and O–H groups in total. The third-order valence-electron chi connectivity index (χ3n) is 2.44. The van der Waals surface area contributed by atoms with Gasteiger partial charge in [-0.25, -0.2) is 9.48 Å². The lowest BCUT2D eigenvalue weighted by Gasteiger charge is -2.02. The monoisotopic (exact) mass is 329 g/mol. The summed E-state index contributed by atoms with van der Waals surface area (Å²) >= 11 is 5.10. The molecule has 5 nitrogen and oxygen atoms in total. The Morgan fingerprint density at radius 3 is 3.00 bits per heavy atom. The van der Waals surface area contributed by atoms with Gasteiger partial charge in [0, 0.05) is 9.35 Å².